The van der Waals surface area contributed by atoms with Gasteiger partial charge in [-0.2, -0.15) is 0 Å². The maximum Gasteiger partial charge on any atom is 0.323 e. The number of nitrogens with zero attached hydrogens (tertiary/aromatic N) is 2. The first-order valence-corrected chi connectivity index (χ1v) is 7.35. The molecule has 2 heterocycles. The Morgan fingerprint density at radius 3 is 3.00 bits per heavy atom. The Labute approximate surface area is 142 Å². The quantitative estimate of drug-likeness (QED) is 0.812. The largest absolute Gasteiger partial charge is 0.472 e. The van der Waals surface area contributed by atoms with Gasteiger partial charge in [0, 0.05) is 17.4 Å². The number of esters is 1. The summed E-state index contributed by atoms with van der Waals surface area (Å²) in [7, 11) is 1.38. The highest BCUT2D eigenvalue weighted by Gasteiger charge is 2.31. The molecule has 1 aromatic carbocycles. The van der Waals surface area contributed by atoms with Crippen molar-refractivity contribution in [2.75, 3.05) is 13.7 Å². The molecule has 1 fully saturated rings. The van der Waals surface area contributed by atoms with E-state index < -0.39 is 0 Å². The molecule has 1 aromatic heterocycles. The molecular weight excluding hydrogens is 374 g/mol. The zero-order valence-corrected chi connectivity index (χ0v) is 14.2. The van der Waals surface area contributed by atoms with Crippen molar-refractivity contribution in [1.82, 2.24) is 15.3 Å². The van der Waals surface area contributed by atoms with Crippen LogP contribution in [0.2, 0.25) is 0 Å². The van der Waals surface area contributed by atoms with Crippen molar-refractivity contribution in [1.29, 1.82) is 0 Å². The van der Waals surface area contributed by atoms with Gasteiger partial charge in [-0.25, -0.2) is 9.97 Å². The van der Waals surface area contributed by atoms with Gasteiger partial charge in [0.05, 0.1) is 18.0 Å². The molecule has 0 spiro atoms. The summed E-state index contributed by atoms with van der Waals surface area (Å²) in [4.78, 5) is 19.9. The Bertz CT molecular complexity index is 685. The van der Waals surface area contributed by atoms with Crippen LogP contribution in [0.4, 0.5) is 0 Å². The molecule has 118 valence electrons. The molecule has 1 aliphatic heterocycles. The molecule has 0 aliphatic carbocycles. The summed E-state index contributed by atoms with van der Waals surface area (Å²) in [6.45, 7) is 0.583. The lowest BCUT2D eigenvalue weighted by Gasteiger charge is -2.13. The van der Waals surface area contributed by atoms with E-state index in [-0.39, 0.29) is 30.5 Å². The highest BCUT2D eigenvalue weighted by atomic mass is 79.9. The lowest BCUT2D eigenvalue weighted by atomic mass is 10.2. The van der Waals surface area contributed by atoms with Crippen LogP contribution in [0.1, 0.15) is 6.42 Å². The number of carbonyl (C=O) groups is 1. The summed E-state index contributed by atoms with van der Waals surface area (Å²) in [5, 5.41) is 3.93. The third kappa shape index (κ3) is 3.48. The highest BCUT2D eigenvalue weighted by Crippen LogP contribution is 2.26. The van der Waals surface area contributed by atoms with Gasteiger partial charge in [-0.3, -0.25) is 4.79 Å². The Morgan fingerprint density at radius 1 is 1.41 bits per heavy atom. The number of nitrogens with one attached hydrogen (secondary N) is 1. The van der Waals surface area contributed by atoms with E-state index in [1.165, 1.54) is 13.4 Å². The third-order valence-corrected chi connectivity index (χ3v) is 3.91. The monoisotopic (exact) mass is 387 g/mol. The average Bonchev–Trinajstić information content (AvgIpc) is 2.95. The summed E-state index contributed by atoms with van der Waals surface area (Å²) >= 11 is 3.43. The van der Waals surface area contributed by atoms with Crippen LogP contribution in [0.15, 0.2) is 29.0 Å². The minimum Gasteiger partial charge on any atom is -0.472 e. The van der Waals surface area contributed by atoms with Crippen LogP contribution in [-0.2, 0) is 9.53 Å². The molecule has 1 N–H and O–H groups in total. The fourth-order valence-electron chi connectivity index (χ4n) is 2.37. The van der Waals surface area contributed by atoms with Crippen molar-refractivity contribution < 1.29 is 14.3 Å². The zero-order valence-electron chi connectivity index (χ0n) is 11.8. The van der Waals surface area contributed by atoms with Crippen LogP contribution in [0.5, 0.6) is 5.88 Å². The maximum absolute atomic E-state index is 11.5. The normalized spacial score (nSPS) is 20.5. The van der Waals surface area contributed by atoms with Gasteiger partial charge in [-0.05, 0) is 18.2 Å². The minimum absolute atomic E-state index is 0. The highest BCUT2D eigenvalue weighted by molar-refractivity contribution is 9.10. The second kappa shape index (κ2) is 7.21. The number of hydrogen-bond donors (Lipinski definition) is 1. The van der Waals surface area contributed by atoms with Crippen LogP contribution >= 0.6 is 28.3 Å². The summed E-state index contributed by atoms with van der Waals surface area (Å²) in [6, 6.07) is 5.42. The van der Waals surface area contributed by atoms with Crippen molar-refractivity contribution in [2.45, 2.75) is 18.6 Å². The summed E-state index contributed by atoms with van der Waals surface area (Å²) in [5.74, 6) is 0.259. The van der Waals surface area contributed by atoms with Crippen LogP contribution in [0.3, 0.4) is 0 Å². The third-order valence-electron chi connectivity index (χ3n) is 3.42. The van der Waals surface area contributed by atoms with E-state index in [1.54, 1.807) is 0 Å². The molecule has 6 nitrogen and oxygen atoms in total. The molecule has 0 unspecified atom stereocenters. The van der Waals surface area contributed by atoms with Crippen LogP contribution in [0, 0.1) is 0 Å². The minimum atomic E-state index is -0.320. The van der Waals surface area contributed by atoms with Gasteiger partial charge in [0.2, 0.25) is 5.88 Å². The van der Waals surface area contributed by atoms with Gasteiger partial charge in [-0.15, -0.1) is 12.4 Å². The Balaban J connectivity index is 0.00000176. The standard InChI is InChI=1S/C14H14BrN3O3.ClH/c1-20-14(19)12-5-9(6-16-12)21-13-10-4-8(15)2-3-11(10)17-7-18-13;/h2-4,7,9,12,16H,5-6H2,1H3;1H/t9-,12+;/m1./s1. The van der Waals surface area contributed by atoms with Gasteiger partial charge in [0.15, 0.2) is 0 Å². The van der Waals surface area contributed by atoms with Crippen LogP contribution < -0.4 is 10.1 Å². The number of hydrogen-bond acceptors (Lipinski definition) is 6. The summed E-state index contributed by atoms with van der Waals surface area (Å²) in [5.41, 5.74) is 0.818. The van der Waals surface area contributed by atoms with Crippen molar-refractivity contribution in [3.8, 4) is 5.88 Å². The molecular formula is C14H15BrClN3O3. The zero-order chi connectivity index (χ0) is 14.8. The number of benzene rings is 1. The van der Waals surface area contributed by atoms with Crippen LogP contribution in [0.25, 0.3) is 10.9 Å². The van der Waals surface area contributed by atoms with E-state index in [0.717, 1.165) is 15.4 Å². The Kier molecular flexibility index (Phi) is 5.55. The first-order valence-electron chi connectivity index (χ1n) is 6.55. The number of halogens is 2. The second-order valence-electron chi connectivity index (χ2n) is 4.80. The lowest BCUT2D eigenvalue weighted by Crippen LogP contribution is -2.31. The second-order valence-corrected chi connectivity index (χ2v) is 5.72. The molecule has 1 saturated heterocycles. The number of carbonyl (C=O) groups excluding carboxylic acids is 1. The Morgan fingerprint density at radius 2 is 2.23 bits per heavy atom. The predicted molar refractivity (Wildman–Crippen MR) is 87.3 cm³/mol. The molecule has 2 aromatic rings. The van der Waals surface area contributed by atoms with Gasteiger partial charge in [0.1, 0.15) is 18.5 Å². The molecule has 3 rings (SSSR count). The molecule has 8 heteroatoms. The van der Waals surface area contributed by atoms with E-state index >= 15 is 0 Å². The van der Waals surface area contributed by atoms with Crippen molar-refractivity contribution in [2.24, 2.45) is 0 Å². The van der Waals surface area contributed by atoms with Crippen molar-refractivity contribution in [3.63, 3.8) is 0 Å². The number of ether oxygens (including phenoxy) is 2. The van der Waals surface area contributed by atoms with Gasteiger partial charge < -0.3 is 14.8 Å². The maximum atomic E-state index is 11.5. The SMILES string of the molecule is COC(=O)[C@@H]1C[C@@H](Oc2ncnc3ccc(Br)cc23)CN1.Cl. The fraction of sp³-hybridized carbons (Fsp3) is 0.357. The van der Waals surface area contributed by atoms with E-state index in [1.807, 2.05) is 18.2 Å². The summed E-state index contributed by atoms with van der Waals surface area (Å²) in [6.07, 6.45) is 1.92. The number of rotatable bonds is 3. The average molecular weight is 389 g/mol. The van der Waals surface area contributed by atoms with E-state index in [4.69, 9.17) is 9.47 Å². The first-order chi connectivity index (χ1) is 10.2. The van der Waals surface area contributed by atoms with E-state index in [0.29, 0.717) is 18.8 Å². The van der Waals surface area contributed by atoms with Gasteiger partial charge in [0.25, 0.3) is 0 Å². The molecule has 0 bridgehead atoms. The fourth-order valence-corrected chi connectivity index (χ4v) is 2.73. The van der Waals surface area contributed by atoms with Gasteiger partial charge in [-0.1, -0.05) is 15.9 Å². The topological polar surface area (TPSA) is 73.3 Å². The molecule has 0 saturated carbocycles. The number of aromatic nitrogens is 2. The van der Waals surface area contributed by atoms with E-state index in [9.17, 15) is 4.79 Å². The molecule has 1 aliphatic rings. The number of methoxy groups -OCH3 is 1. The van der Waals surface area contributed by atoms with Crippen molar-refractivity contribution >= 4 is 45.2 Å². The molecule has 2 atom stereocenters. The first kappa shape index (κ1) is 16.9. The number of fused-ring (bicyclic) bond motifs is 1. The molecule has 22 heavy (non-hydrogen) atoms. The van der Waals surface area contributed by atoms with Crippen molar-refractivity contribution in [3.05, 3.63) is 29.0 Å². The lowest BCUT2D eigenvalue weighted by molar-refractivity contribution is -0.142. The molecule has 0 radical (unpaired) electrons. The Hall–Kier alpha value is -1.44. The van der Waals surface area contributed by atoms with E-state index in [2.05, 4.69) is 31.2 Å². The summed E-state index contributed by atoms with van der Waals surface area (Å²) < 4.78 is 11.6. The smallest absolute Gasteiger partial charge is 0.323 e. The van der Waals surface area contributed by atoms with Crippen LogP contribution in [-0.4, -0.2) is 41.7 Å². The molecule has 0 amide bonds. The van der Waals surface area contributed by atoms with Gasteiger partial charge >= 0.3 is 5.97 Å². The predicted octanol–water partition coefficient (Wildman–Crippen LogP) is 2.10.